The maximum absolute atomic E-state index is 14.1. The van der Waals surface area contributed by atoms with Crippen molar-refractivity contribution in [2.24, 2.45) is 17.8 Å². The number of aliphatic hydroxyl groups is 8. The van der Waals surface area contributed by atoms with Crippen molar-refractivity contribution in [3.8, 4) is 0 Å². The van der Waals surface area contributed by atoms with E-state index < -0.39 is 152 Å². The van der Waals surface area contributed by atoms with Gasteiger partial charge in [-0.1, -0.05) is 67.9 Å². The number of carbonyl (C=O) groups is 1. The average molecular weight is 1130 g/mol. The standard InChI is InChI=1S/C58H96O21/c1-29-17-16-18-40(59)43(69-13)25-45(76-55(65)33(5)23-31(3)21-30(2)22-32(4)41(20-19-29)77-56-51(63)50(62)52(71-15)37(9)74-56)53(64)58(67)35(7)48(60)34(6)42(79-58)24-39(28-68-12)75-47-27-57(11,66)54(38(10)73-47)78-46-26-44(70-14)49(61)36(8)72-46/h17,19-23,32,34-54,56,59-64,66-67H,16,18,24-28H2,1-15H3/b20-19+,29-17-,30-22-,31-21+,33-23+/t32-,34+,35-,36-,37+,38+,39-,40+,41+,42-,43-,44-,45+,46+,47+,48+,49-,50+,51+,52+,53-,54+,56+,57+,58-/m1/s1. The Morgan fingerprint density at radius 2 is 1.42 bits per heavy atom. The summed E-state index contributed by atoms with van der Waals surface area (Å²) in [5, 5.41) is 92.6. The Balaban J connectivity index is 1.37. The minimum atomic E-state index is -2.54. The van der Waals surface area contributed by atoms with Crippen LogP contribution in [0, 0.1) is 17.8 Å². The number of allylic oxidation sites excluding steroid dienone is 7. The van der Waals surface area contributed by atoms with Crippen molar-refractivity contribution in [1.82, 2.24) is 0 Å². The lowest BCUT2D eigenvalue weighted by atomic mass is 9.76. The smallest absolute Gasteiger partial charge is 0.334 e. The van der Waals surface area contributed by atoms with E-state index in [1.807, 2.05) is 51.2 Å². The van der Waals surface area contributed by atoms with E-state index in [0.717, 1.165) is 11.1 Å². The molecule has 5 aliphatic rings. The molecule has 0 unspecified atom stereocenters. The molecule has 5 aliphatic heterocycles. The second-order valence-corrected chi connectivity index (χ2v) is 23.0. The summed E-state index contributed by atoms with van der Waals surface area (Å²) in [5.41, 5.74) is 0.977. The SMILES string of the molecule is COC[C@@H](C[C@H]1O[C@@](O)([C@H](O)[C@@H]2C[C@@H](OC)[C@@H](O)CC/C=C(C)\C=C\[C@H](O[C@@H]3O[C@@H](C)[C@H](OC)[C@@H](O)[C@@H]3O)[C@H](C)\C=C(C)/C=C(C)/C=C(\C)C(=O)O2)[C@H](C)[C@@H](O)[C@H]1C)O[C@H]1C[C@](C)(O)[C@@H](O[C@H]2C[C@@H](OC)[C@H](O)[C@@H](C)O2)[C@H](C)O1. The highest BCUT2D eigenvalue weighted by Crippen LogP contribution is 2.43. The highest BCUT2D eigenvalue weighted by atomic mass is 16.7. The van der Waals surface area contributed by atoms with Gasteiger partial charge in [0.05, 0.1) is 73.2 Å². The molecule has 0 aromatic heterocycles. The molecule has 0 bridgehead atoms. The maximum Gasteiger partial charge on any atom is 0.334 e. The summed E-state index contributed by atoms with van der Waals surface area (Å²) >= 11 is 0. The molecule has 5 heterocycles. The lowest BCUT2D eigenvalue weighted by molar-refractivity contribution is -0.366. The Kier molecular flexibility index (Phi) is 25.3. The summed E-state index contributed by atoms with van der Waals surface area (Å²) in [6.07, 6.45) is -8.27. The number of carbonyl (C=O) groups excluding carboxylic acids is 1. The number of esters is 1. The maximum atomic E-state index is 14.1. The molecule has 21 nitrogen and oxygen atoms in total. The molecule has 0 spiro atoms. The summed E-state index contributed by atoms with van der Waals surface area (Å²) in [4.78, 5) is 14.1. The van der Waals surface area contributed by atoms with Crippen molar-refractivity contribution in [3.05, 3.63) is 58.7 Å². The number of aliphatic hydroxyl groups excluding tert-OH is 6. The summed E-state index contributed by atoms with van der Waals surface area (Å²) in [6, 6.07) is 0. The molecule has 79 heavy (non-hydrogen) atoms. The van der Waals surface area contributed by atoms with Gasteiger partial charge in [0.1, 0.15) is 42.7 Å². The molecule has 0 saturated carbocycles. The van der Waals surface area contributed by atoms with Gasteiger partial charge in [0.15, 0.2) is 18.9 Å². The van der Waals surface area contributed by atoms with Crippen molar-refractivity contribution in [3.63, 3.8) is 0 Å². The zero-order chi connectivity index (χ0) is 58.8. The molecule has 0 aromatic carbocycles. The van der Waals surface area contributed by atoms with Gasteiger partial charge in [-0.15, -0.1) is 0 Å². The molecule has 8 N–H and O–H groups in total. The largest absolute Gasteiger partial charge is 0.456 e. The van der Waals surface area contributed by atoms with Crippen LogP contribution in [-0.4, -0.2) is 216 Å². The molecule has 5 rings (SSSR count). The first-order valence-corrected chi connectivity index (χ1v) is 27.9. The lowest BCUT2D eigenvalue weighted by Gasteiger charge is -2.51. The zero-order valence-electron chi connectivity index (χ0n) is 49.1. The third-order valence-corrected chi connectivity index (χ3v) is 16.4. The number of ether oxygens (including phenoxy) is 12. The fourth-order valence-electron chi connectivity index (χ4n) is 11.6. The first-order valence-electron chi connectivity index (χ1n) is 27.9. The predicted molar refractivity (Wildman–Crippen MR) is 288 cm³/mol. The van der Waals surface area contributed by atoms with Crippen molar-refractivity contribution in [2.75, 3.05) is 35.0 Å². The third kappa shape index (κ3) is 17.3. The summed E-state index contributed by atoms with van der Waals surface area (Å²) < 4.78 is 72.0. The first-order chi connectivity index (χ1) is 37.1. The topological polar surface area (TPSA) is 290 Å². The van der Waals surface area contributed by atoms with Crippen LogP contribution in [0.15, 0.2) is 58.7 Å². The second kappa shape index (κ2) is 29.8. The minimum absolute atomic E-state index is 0.00743. The highest BCUT2D eigenvalue weighted by Gasteiger charge is 2.57. The second-order valence-electron chi connectivity index (χ2n) is 23.0. The van der Waals surface area contributed by atoms with Crippen LogP contribution in [0.1, 0.15) is 115 Å². The van der Waals surface area contributed by atoms with Gasteiger partial charge >= 0.3 is 5.97 Å². The van der Waals surface area contributed by atoms with Crippen LogP contribution in [0.3, 0.4) is 0 Å². The summed E-state index contributed by atoms with van der Waals surface area (Å²) in [5.74, 6) is -5.45. The van der Waals surface area contributed by atoms with E-state index in [1.165, 1.54) is 35.4 Å². The van der Waals surface area contributed by atoms with E-state index in [9.17, 15) is 45.6 Å². The van der Waals surface area contributed by atoms with Gasteiger partial charge in [0.25, 0.3) is 0 Å². The number of hydrogen-bond donors (Lipinski definition) is 8. The van der Waals surface area contributed by atoms with Gasteiger partial charge in [-0.2, -0.15) is 0 Å². The van der Waals surface area contributed by atoms with Gasteiger partial charge in [0.2, 0.25) is 5.79 Å². The van der Waals surface area contributed by atoms with Crippen LogP contribution >= 0.6 is 0 Å². The fourth-order valence-corrected chi connectivity index (χ4v) is 11.6. The minimum Gasteiger partial charge on any atom is -0.456 e. The van der Waals surface area contributed by atoms with E-state index in [4.69, 9.17) is 56.8 Å². The third-order valence-electron chi connectivity index (χ3n) is 16.4. The highest BCUT2D eigenvalue weighted by molar-refractivity contribution is 5.88. The summed E-state index contributed by atoms with van der Waals surface area (Å²) in [7, 11) is 5.80. The van der Waals surface area contributed by atoms with E-state index in [2.05, 4.69) is 0 Å². The Labute approximate surface area is 467 Å². The molecule has 21 heteroatoms. The van der Waals surface area contributed by atoms with E-state index >= 15 is 0 Å². The lowest BCUT2D eigenvalue weighted by Crippen LogP contribution is -2.66. The Morgan fingerprint density at radius 3 is 2.05 bits per heavy atom. The Bertz CT molecular complexity index is 2080. The molecule has 0 aliphatic carbocycles. The van der Waals surface area contributed by atoms with Crippen molar-refractivity contribution < 1.29 is 102 Å². The van der Waals surface area contributed by atoms with Crippen LogP contribution in [0.2, 0.25) is 0 Å². The van der Waals surface area contributed by atoms with Crippen LogP contribution in [0.25, 0.3) is 0 Å². The Morgan fingerprint density at radius 1 is 0.747 bits per heavy atom. The van der Waals surface area contributed by atoms with Crippen molar-refractivity contribution in [2.45, 2.75) is 249 Å². The van der Waals surface area contributed by atoms with Gasteiger partial charge in [-0.05, 0) is 74.3 Å². The van der Waals surface area contributed by atoms with Crippen LogP contribution in [0.4, 0.5) is 0 Å². The van der Waals surface area contributed by atoms with Crippen LogP contribution in [-0.2, 0) is 61.6 Å². The molecule has 0 radical (unpaired) electrons. The first kappa shape index (κ1) is 67.2. The molecule has 0 aromatic rings. The average Bonchev–Trinajstić information content (AvgIpc) is 3.46. The summed E-state index contributed by atoms with van der Waals surface area (Å²) in [6.45, 7) is 19.1. The molecule has 25 atom stereocenters. The van der Waals surface area contributed by atoms with Crippen molar-refractivity contribution >= 4 is 5.97 Å². The quantitative estimate of drug-likeness (QED) is 0.109. The van der Waals surface area contributed by atoms with Gasteiger partial charge in [0, 0.05) is 77.4 Å². The van der Waals surface area contributed by atoms with Crippen LogP contribution in [0.5, 0.6) is 0 Å². The fraction of sp³-hybridized carbons (Fsp3) is 0.810. The number of methoxy groups -OCH3 is 4. The molecular formula is C58H96O21. The predicted octanol–water partition coefficient (Wildman–Crippen LogP) is 3.59. The van der Waals surface area contributed by atoms with Gasteiger partial charge < -0.3 is 97.7 Å². The molecular weight excluding hydrogens is 1030 g/mol. The monoisotopic (exact) mass is 1130 g/mol. The van der Waals surface area contributed by atoms with E-state index in [0.29, 0.717) is 12.0 Å². The van der Waals surface area contributed by atoms with Gasteiger partial charge in [-0.25, -0.2) is 4.79 Å². The number of rotatable bonds is 15. The Hall–Kier alpha value is -2.59. The van der Waals surface area contributed by atoms with E-state index in [-0.39, 0.29) is 50.2 Å². The molecule has 0 amide bonds. The normalized spacial score (nSPS) is 46.7. The van der Waals surface area contributed by atoms with E-state index in [1.54, 1.807) is 54.5 Å². The van der Waals surface area contributed by atoms with Crippen molar-refractivity contribution in [1.29, 1.82) is 0 Å². The zero-order valence-corrected chi connectivity index (χ0v) is 49.1. The number of cyclic esters (lactones) is 1. The van der Waals surface area contributed by atoms with Gasteiger partial charge in [-0.3, -0.25) is 0 Å². The molecule has 4 fully saturated rings. The molecule has 4 saturated heterocycles. The molecule has 454 valence electrons. The number of hydrogen-bond acceptors (Lipinski definition) is 21. The van der Waals surface area contributed by atoms with Crippen LogP contribution < -0.4 is 0 Å².